The van der Waals surface area contributed by atoms with Crippen LogP contribution in [0.5, 0.6) is 0 Å². The maximum Gasteiger partial charge on any atom is 0.320 e. The normalized spacial score (nSPS) is 12.3. The molecular weight excluding hydrogens is 252 g/mol. The topological polar surface area (TPSA) is 79.1 Å². The predicted molar refractivity (Wildman–Crippen MR) is 80.7 cm³/mol. The highest BCUT2D eigenvalue weighted by Crippen LogP contribution is 2.21. The molecule has 4 N–H and O–H groups in total. The van der Waals surface area contributed by atoms with Crippen molar-refractivity contribution in [3.8, 4) is 0 Å². The molecule has 1 heterocycles. The molecule has 4 heteroatoms. The summed E-state index contributed by atoms with van der Waals surface area (Å²) in [5.74, 6) is -0.972. The third kappa shape index (κ3) is 3.27. The van der Waals surface area contributed by atoms with E-state index in [0.29, 0.717) is 6.42 Å². The van der Waals surface area contributed by atoms with E-state index in [1.807, 2.05) is 12.3 Å². The van der Waals surface area contributed by atoms with Gasteiger partial charge in [0.25, 0.3) is 0 Å². The van der Waals surface area contributed by atoms with Crippen molar-refractivity contribution >= 4 is 16.9 Å². The van der Waals surface area contributed by atoms with Gasteiger partial charge in [0.2, 0.25) is 0 Å². The van der Waals surface area contributed by atoms with Crippen LogP contribution in [0.4, 0.5) is 0 Å². The van der Waals surface area contributed by atoms with Crippen molar-refractivity contribution in [1.29, 1.82) is 0 Å². The van der Waals surface area contributed by atoms with E-state index in [0.717, 1.165) is 22.9 Å². The Bertz CT molecular complexity index is 652. The molecule has 4 nitrogen and oxygen atoms in total. The predicted octanol–water partition coefficient (Wildman–Crippen LogP) is 2.63. The number of carboxylic acid groups (broad SMARTS) is 1. The summed E-state index contributed by atoms with van der Waals surface area (Å²) in [5.41, 5.74) is 10.1. The fraction of sp³-hybridized carbons (Fsp3) is 0.312. The van der Waals surface area contributed by atoms with Gasteiger partial charge in [-0.25, -0.2) is 0 Å². The number of aliphatic carboxylic acids is 1. The number of aromatic nitrogens is 1. The molecule has 0 aliphatic carbocycles. The highest BCUT2D eigenvalue weighted by atomic mass is 16.4. The molecule has 0 fully saturated rings. The Hall–Kier alpha value is -2.07. The van der Waals surface area contributed by atoms with Crippen LogP contribution < -0.4 is 5.73 Å². The standard InChI is InChI=1S/C16H20N2O2/c1-10(2)3-4-11-5-6-15-13(7-11)12(9-18-15)8-14(17)16(19)20/h3,5-7,9,14,18H,4,8,17H2,1-2H3,(H,19,20)/t14-/m0/s1. The van der Waals surface area contributed by atoms with Crippen LogP contribution in [0.3, 0.4) is 0 Å². The zero-order chi connectivity index (χ0) is 14.7. The van der Waals surface area contributed by atoms with Crippen molar-refractivity contribution < 1.29 is 9.90 Å². The zero-order valence-corrected chi connectivity index (χ0v) is 11.8. The van der Waals surface area contributed by atoms with Gasteiger partial charge in [-0.1, -0.05) is 17.7 Å². The average molecular weight is 272 g/mol. The van der Waals surface area contributed by atoms with E-state index in [2.05, 4.69) is 37.0 Å². The number of carbonyl (C=O) groups is 1. The number of hydrogen-bond acceptors (Lipinski definition) is 2. The lowest BCUT2D eigenvalue weighted by atomic mass is 10.0. The molecule has 2 aromatic rings. The van der Waals surface area contributed by atoms with Crippen molar-refractivity contribution in [2.45, 2.75) is 32.7 Å². The summed E-state index contributed by atoms with van der Waals surface area (Å²) in [5, 5.41) is 9.97. The number of carboxylic acids is 1. The molecule has 0 radical (unpaired) electrons. The van der Waals surface area contributed by atoms with E-state index in [9.17, 15) is 4.79 Å². The van der Waals surface area contributed by atoms with E-state index >= 15 is 0 Å². The zero-order valence-electron chi connectivity index (χ0n) is 11.8. The van der Waals surface area contributed by atoms with E-state index in [1.54, 1.807) is 0 Å². The molecule has 2 rings (SSSR count). The first-order valence-corrected chi connectivity index (χ1v) is 6.68. The van der Waals surface area contributed by atoms with Crippen LogP contribution in [-0.2, 0) is 17.6 Å². The molecule has 0 amide bonds. The van der Waals surface area contributed by atoms with Gasteiger partial charge < -0.3 is 15.8 Å². The van der Waals surface area contributed by atoms with Crippen LogP contribution in [0, 0.1) is 0 Å². The second kappa shape index (κ2) is 5.92. The van der Waals surface area contributed by atoms with E-state index in [4.69, 9.17) is 10.8 Å². The lowest BCUT2D eigenvalue weighted by Crippen LogP contribution is -2.32. The van der Waals surface area contributed by atoms with Gasteiger partial charge in [0.15, 0.2) is 0 Å². The third-order valence-electron chi connectivity index (χ3n) is 3.33. The molecule has 0 saturated heterocycles. The number of allylic oxidation sites excluding steroid dienone is 2. The number of hydrogen-bond donors (Lipinski definition) is 3. The maximum atomic E-state index is 10.9. The van der Waals surface area contributed by atoms with Gasteiger partial charge in [0, 0.05) is 23.5 Å². The Labute approximate surface area is 118 Å². The summed E-state index contributed by atoms with van der Waals surface area (Å²) < 4.78 is 0. The number of fused-ring (bicyclic) bond motifs is 1. The molecular formula is C16H20N2O2. The third-order valence-corrected chi connectivity index (χ3v) is 3.33. The first-order chi connectivity index (χ1) is 9.47. The fourth-order valence-electron chi connectivity index (χ4n) is 2.17. The lowest BCUT2D eigenvalue weighted by molar-refractivity contribution is -0.138. The van der Waals surface area contributed by atoms with Crippen LogP contribution in [-0.4, -0.2) is 22.1 Å². The van der Waals surface area contributed by atoms with Crippen LogP contribution >= 0.6 is 0 Å². The van der Waals surface area contributed by atoms with Gasteiger partial charge in [0.05, 0.1) is 0 Å². The number of aromatic amines is 1. The van der Waals surface area contributed by atoms with Gasteiger partial charge in [-0.15, -0.1) is 0 Å². The number of rotatable bonds is 5. The summed E-state index contributed by atoms with van der Waals surface area (Å²) in [6.45, 7) is 4.15. The Morgan fingerprint density at radius 1 is 1.45 bits per heavy atom. The molecule has 0 aliphatic rings. The first-order valence-electron chi connectivity index (χ1n) is 6.68. The van der Waals surface area contributed by atoms with Gasteiger partial charge >= 0.3 is 5.97 Å². The summed E-state index contributed by atoms with van der Waals surface area (Å²) in [6.07, 6.45) is 5.24. The highest BCUT2D eigenvalue weighted by Gasteiger charge is 2.14. The van der Waals surface area contributed by atoms with Crippen molar-refractivity contribution in [3.63, 3.8) is 0 Å². The van der Waals surface area contributed by atoms with Gasteiger partial charge in [-0.2, -0.15) is 0 Å². The molecule has 1 aromatic carbocycles. The van der Waals surface area contributed by atoms with Crippen LogP contribution in [0.25, 0.3) is 10.9 Å². The van der Waals surface area contributed by atoms with Crippen molar-refractivity contribution in [2.75, 3.05) is 0 Å². The second-order valence-corrected chi connectivity index (χ2v) is 5.33. The maximum absolute atomic E-state index is 10.9. The molecule has 1 atom stereocenters. The summed E-state index contributed by atoms with van der Waals surface area (Å²) in [6, 6.07) is 5.35. The van der Waals surface area contributed by atoms with Gasteiger partial charge in [-0.3, -0.25) is 4.79 Å². The SMILES string of the molecule is CC(C)=CCc1ccc2[nH]cc(C[C@H](N)C(=O)O)c2c1. The first kappa shape index (κ1) is 14.3. The summed E-state index contributed by atoms with van der Waals surface area (Å²) in [7, 11) is 0. The van der Waals surface area contributed by atoms with Crippen LogP contribution in [0.2, 0.25) is 0 Å². The molecule has 20 heavy (non-hydrogen) atoms. The minimum atomic E-state index is -0.972. The number of H-pyrrole nitrogens is 1. The molecule has 0 bridgehead atoms. The fourth-order valence-corrected chi connectivity index (χ4v) is 2.17. The van der Waals surface area contributed by atoms with Gasteiger partial charge in [-0.05, 0) is 43.5 Å². The van der Waals surface area contributed by atoms with Gasteiger partial charge in [0.1, 0.15) is 6.04 Å². The molecule has 1 aromatic heterocycles. The monoisotopic (exact) mass is 272 g/mol. The second-order valence-electron chi connectivity index (χ2n) is 5.33. The van der Waals surface area contributed by atoms with Crippen molar-refractivity contribution in [1.82, 2.24) is 4.98 Å². The van der Waals surface area contributed by atoms with Crippen LogP contribution in [0.1, 0.15) is 25.0 Å². The summed E-state index contributed by atoms with van der Waals surface area (Å²) in [4.78, 5) is 14.0. The largest absolute Gasteiger partial charge is 0.480 e. The highest BCUT2D eigenvalue weighted by molar-refractivity contribution is 5.85. The minimum Gasteiger partial charge on any atom is -0.480 e. The Balaban J connectivity index is 2.30. The summed E-state index contributed by atoms with van der Waals surface area (Å²) >= 11 is 0. The number of benzene rings is 1. The molecule has 106 valence electrons. The number of nitrogens with two attached hydrogens (primary N) is 1. The molecule has 0 spiro atoms. The minimum absolute atomic E-state index is 0.335. The Morgan fingerprint density at radius 2 is 2.20 bits per heavy atom. The Morgan fingerprint density at radius 3 is 2.85 bits per heavy atom. The molecule has 0 saturated carbocycles. The molecule has 0 unspecified atom stereocenters. The van der Waals surface area contributed by atoms with Crippen LogP contribution in [0.15, 0.2) is 36.0 Å². The van der Waals surface area contributed by atoms with E-state index in [-0.39, 0.29) is 0 Å². The average Bonchev–Trinajstić information content (AvgIpc) is 2.79. The Kier molecular flexibility index (Phi) is 4.25. The van der Waals surface area contributed by atoms with Crippen molar-refractivity contribution in [3.05, 3.63) is 47.2 Å². The molecule has 0 aliphatic heterocycles. The van der Waals surface area contributed by atoms with E-state index < -0.39 is 12.0 Å². The number of nitrogens with one attached hydrogen (secondary N) is 1. The van der Waals surface area contributed by atoms with E-state index in [1.165, 1.54) is 11.1 Å². The smallest absolute Gasteiger partial charge is 0.320 e. The quantitative estimate of drug-likeness (QED) is 0.732. The van der Waals surface area contributed by atoms with Crippen molar-refractivity contribution in [2.24, 2.45) is 5.73 Å². The lowest BCUT2D eigenvalue weighted by Gasteiger charge is -2.05.